The van der Waals surface area contributed by atoms with Gasteiger partial charge < -0.3 is 15.5 Å². The predicted octanol–water partition coefficient (Wildman–Crippen LogP) is 2.54. The van der Waals surface area contributed by atoms with Crippen LogP contribution in [0.5, 0.6) is 11.5 Å². The molecule has 1 aliphatic rings. The van der Waals surface area contributed by atoms with Crippen LogP contribution < -0.4 is 5.32 Å². The molecule has 0 bridgehead atoms. The Hall–Kier alpha value is -1.23. The lowest BCUT2D eigenvalue weighted by Crippen LogP contribution is -2.47. The third-order valence-electron chi connectivity index (χ3n) is 3.43. The zero-order chi connectivity index (χ0) is 13.2. The second-order valence-electron chi connectivity index (χ2n) is 4.78. The van der Waals surface area contributed by atoms with Gasteiger partial charge in [-0.3, -0.25) is 4.79 Å². The molecular formula is C13H16BrNO3. The van der Waals surface area contributed by atoms with Crippen LogP contribution in [0.25, 0.3) is 0 Å². The Balaban J connectivity index is 2.13. The first kappa shape index (κ1) is 13.2. The number of amides is 1. The van der Waals surface area contributed by atoms with Crippen LogP contribution in [0, 0.1) is 0 Å². The Morgan fingerprint density at radius 3 is 2.50 bits per heavy atom. The summed E-state index contributed by atoms with van der Waals surface area (Å²) in [5.41, 5.74) is 0.183. The third-order valence-corrected chi connectivity index (χ3v) is 4.51. The molecule has 18 heavy (non-hydrogen) atoms. The van der Waals surface area contributed by atoms with Gasteiger partial charge in [0.15, 0.2) is 11.5 Å². The quantitative estimate of drug-likeness (QED) is 0.593. The summed E-state index contributed by atoms with van der Waals surface area (Å²) in [6.45, 7) is 0. The van der Waals surface area contributed by atoms with E-state index in [1.54, 1.807) is 0 Å². The molecule has 1 fully saturated rings. The van der Waals surface area contributed by atoms with Crippen LogP contribution in [0.4, 0.5) is 0 Å². The number of carbonyl (C=O) groups is 1. The number of hydrogen-bond donors (Lipinski definition) is 3. The zero-order valence-electron chi connectivity index (χ0n) is 9.95. The molecule has 3 N–H and O–H groups in total. The molecule has 5 heteroatoms. The molecule has 1 aromatic rings. The first-order chi connectivity index (χ1) is 8.56. The third kappa shape index (κ3) is 2.61. The molecule has 0 heterocycles. The number of hydrogen-bond acceptors (Lipinski definition) is 3. The molecule has 4 nitrogen and oxygen atoms in total. The van der Waals surface area contributed by atoms with Gasteiger partial charge in [-0.1, -0.05) is 28.8 Å². The van der Waals surface area contributed by atoms with Gasteiger partial charge >= 0.3 is 0 Å². The molecule has 2 rings (SSSR count). The van der Waals surface area contributed by atoms with Crippen molar-refractivity contribution in [1.82, 2.24) is 5.32 Å². The van der Waals surface area contributed by atoms with Crippen LogP contribution in [0.15, 0.2) is 18.2 Å². The Bertz CT molecular complexity index is 456. The fourth-order valence-electron chi connectivity index (χ4n) is 2.32. The second-order valence-corrected chi connectivity index (χ2v) is 5.34. The van der Waals surface area contributed by atoms with E-state index in [4.69, 9.17) is 0 Å². The Kier molecular flexibility index (Phi) is 3.80. The summed E-state index contributed by atoms with van der Waals surface area (Å²) in [7, 11) is 0. The van der Waals surface area contributed by atoms with Gasteiger partial charge in [-0.05, 0) is 31.0 Å². The van der Waals surface area contributed by atoms with Crippen LogP contribution in [0.3, 0.4) is 0 Å². The highest BCUT2D eigenvalue weighted by molar-refractivity contribution is 9.09. The van der Waals surface area contributed by atoms with Gasteiger partial charge in [0.05, 0.1) is 5.54 Å². The molecule has 1 saturated carbocycles. The average Bonchev–Trinajstić information content (AvgIpc) is 2.82. The minimum atomic E-state index is -0.276. The average molecular weight is 314 g/mol. The minimum absolute atomic E-state index is 0.176. The molecule has 0 atom stereocenters. The van der Waals surface area contributed by atoms with E-state index in [9.17, 15) is 15.0 Å². The van der Waals surface area contributed by atoms with Crippen molar-refractivity contribution in [1.29, 1.82) is 0 Å². The maximum Gasteiger partial charge on any atom is 0.251 e. The summed E-state index contributed by atoms with van der Waals surface area (Å²) in [5, 5.41) is 22.4. The van der Waals surface area contributed by atoms with Crippen LogP contribution in [-0.2, 0) is 0 Å². The monoisotopic (exact) mass is 313 g/mol. The van der Waals surface area contributed by atoms with Crippen molar-refractivity contribution < 1.29 is 15.0 Å². The van der Waals surface area contributed by atoms with Gasteiger partial charge in [0, 0.05) is 10.9 Å². The largest absolute Gasteiger partial charge is 0.504 e. The summed E-state index contributed by atoms with van der Waals surface area (Å²) in [6.07, 6.45) is 4.17. The van der Waals surface area contributed by atoms with Crippen molar-refractivity contribution in [2.75, 3.05) is 5.33 Å². The number of nitrogens with one attached hydrogen (secondary N) is 1. The van der Waals surface area contributed by atoms with E-state index in [-0.39, 0.29) is 22.9 Å². The Morgan fingerprint density at radius 1 is 1.28 bits per heavy atom. The maximum absolute atomic E-state index is 12.1. The molecule has 0 radical (unpaired) electrons. The molecule has 0 saturated heterocycles. The topological polar surface area (TPSA) is 69.6 Å². The van der Waals surface area contributed by atoms with Crippen molar-refractivity contribution in [2.24, 2.45) is 0 Å². The first-order valence-electron chi connectivity index (χ1n) is 5.97. The summed E-state index contributed by atoms with van der Waals surface area (Å²) in [5.74, 6) is -0.712. The van der Waals surface area contributed by atoms with E-state index >= 15 is 0 Å². The van der Waals surface area contributed by atoms with Gasteiger partial charge in [0.1, 0.15) is 0 Å². The zero-order valence-corrected chi connectivity index (χ0v) is 11.5. The van der Waals surface area contributed by atoms with Crippen molar-refractivity contribution in [3.63, 3.8) is 0 Å². The van der Waals surface area contributed by atoms with Gasteiger partial charge in [0.2, 0.25) is 0 Å². The van der Waals surface area contributed by atoms with E-state index in [1.165, 1.54) is 18.2 Å². The molecule has 0 unspecified atom stereocenters. The van der Waals surface area contributed by atoms with Gasteiger partial charge in [0.25, 0.3) is 5.91 Å². The number of benzene rings is 1. The van der Waals surface area contributed by atoms with E-state index in [2.05, 4.69) is 21.2 Å². The van der Waals surface area contributed by atoms with Crippen molar-refractivity contribution in [3.05, 3.63) is 23.8 Å². The van der Waals surface area contributed by atoms with Gasteiger partial charge in [-0.2, -0.15) is 0 Å². The van der Waals surface area contributed by atoms with E-state index in [0.717, 1.165) is 31.0 Å². The van der Waals surface area contributed by atoms with Crippen molar-refractivity contribution in [2.45, 2.75) is 31.2 Å². The molecule has 0 spiro atoms. The van der Waals surface area contributed by atoms with Crippen LogP contribution in [0.2, 0.25) is 0 Å². The molecule has 1 amide bonds. The van der Waals surface area contributed by atoms with E-state index in [0.29, 0.717) is 5.56 Å². The number of halogens is 1. The summed E-state index contributed by atoms with van der Waals surface area (Å²) in [6, 6.07) is 4.10. The SMILES string of the molecule is O=C(NC1(CBr)CCCC1)c1ccc(O)c(O)c1. The number of phenolic OH excluding ortho intramolecular Hbond substituents is 2. The molecule has 1 aliphatic carbocycles. The van der Waals surface area contributed by atoms with Crippen LogP contribution in [0.1, 0.15) is 36.0 Å². The van der Waals surface area contributed by atoms with Crippen molar-refractivity contribution >= 4 is 21.8 Å². The second kappa shape index (κ2) is 5.18. The minimum Gasteiger partial charge on any atom is -0.504 e. The van der Waals surface area contributed by atoms with Gasteiger partial charge in [-0.25, -0.2) is 0 Å². The number of alkyl halides is 1. The lowest BCUT2D eigenvalue weighted by Gasteiger charge is -2.28. The standard InChI is InChI=1S/C13H16BrNO3/c14-8-13(5-1-2-6-13)15-12(18)9-3-4-10(16)11(17)7-9/h3-4,7,16-17H,1-2,5-6,8H2,(H,15,18). The lowest BCUT2D eigenvalue weighted by molar-refractivity contribution is 0.0910. The molecule has 98 valence electrons. The van der Waals surface area contributed by atoms with Crippen LogP contribution in [-0.4, -0.2) is 27.0 Å². The smallest absolute Gasteiger partial charge is 0.251 e. The van der Waals surface area contributed by atoms with E-state index < -0.39 is 0 Å². The molecular weight excluding hydrogens is 298 g/mol. The Labute approximate surface area is 114 Å². The Morgan fingerprint density at radius 2 is 1.94 bits per heavy atom. The first-order valence-corrected chi connectivity index (χ1v) is 7.09. The van der Waals surface area contributed by atoms with Crippen LogP contribution >= 0.6 is 15.9 Å². The fraction of sp³-hybridized carbons (Fsp3) is 0.462. The molecule has 0 aliphatic heterocycles. The predicted molar refractivity (Wildman–Crippen MR) is 72.2 cm³/mol. The highest BCUT2D eigenvalue weighted by Crippen LogP contribution is 2.32. The lowest BCUT2D eigenvalue weighted by atomic mass is 10.00. The number of rotatable bonds is 3. The summed E-state index contributed by atoms with van der Waals surface area (Å²) < 4.78 is 0. The molecule has 1 aromatic carbocycles. The highest BCUT2D eigenvalue weighted by Gasteiger charge is 2.34. The fourth-order valence-corrected chi connectivity index (χ4v) is 3.02. The number of phenols is 2. The number of carbonyl (C=O) groups excluding carboxylic acids is 1. The summed E-state index contributed by atoms with van der Waals surface area (Å²) in [4.78, 5) is 12.1. The van der Waals surface area contributed by atoms with Crippen molar-refractivity contribution in [3.8, 4) is 11.5 Å². The maximum atomic E-state index is 12.1. The molecule has 0 aromatic heterocycles. The number of aromatic hydroxyl groups is 2. The summed E-state index contributed by atoms with van der Waals surface area (Å²) >= 11 is 3.46. The normalized spacial score (nSPS) is 17.6. The van der Waals surface area contributed by atoms with E-state index in [1.807, 2.05) is 0 Å². The highest BCUT2D eigenvalue weighted by atomic mass is 79.9. The van der Waals surface area contributed by atoms with Gasteiger partial charge in [-0.15, -0.1) is 0 Å².